The van der Waals surface area contributed by atoms with Crippen LogP contribution in [0.4, 0.5) is 0 Å². The molecule has 3 nitrogen and oxygen atoms in total. The second kappa shape index (κ2) is 6.46. The number of fused-ring (bicyclic) bond motifs is 1. The van der Waals surface area contributed by atoms with Gasteiger partial charge in [0.15, 0.2) is 0 Å². The van der Waals surface area contributed by atoms with Gasteiger partial charge in [0.05, 0.1) is 12.3 Å². The van der Waals surface area contributed by atoms with Crippen molar-refractivity contribution in [1.82, 2.24) is 4.98 Å². The topological polar surface area (TPSA) is 48.1 Å². The molecule has 21 heavy (non-hydrogen) atoms. The molecular weight excluding hydrogens is 396 g/mol. The van der Waals surface area contributed by atoms with Crippen molar-refractivity contribution in [1.29, 1.82) is 0 Å². The molecule has 2 N–H and O–H groups in total. The number of aryl methyl sites for hydroxylation is 1. The molecule has 0 saturated carbocycles. The molecule has 1 unspecified atom stereocenters. The first-order chi connectivity index (χ1) is 10.1. The first-order valence-electron chi connectivity index (χ1n) is 6.94. The molecule has 110 valence electrons. The van der Waals surface area contributed by atoms with E-state index in [4.69, 9.17) is 10.5 Å². The van der Waals surface area contributed by atoms with Gasteiger partial charge in [-0.25, -0.2) is 0 Å². The van der Waals surface area contributed by atoms with Crippen molar-refractivity contribution in [3.8, 4) is 5.75 Å². The molecule has 1 atom stereocenters. The lowest BCUT2D eigenvalue weighted by atomic mass is 10.0. The molecule has 5 heteroatoms. The quantitative estimate of drug-likeness (QED) is 0.820. The Morgan fingerprint density at radius 3 is 2.95 bits per heavy atom. The van der Waals surface area contributed by atoms with Gasteiger partial charge in [-0.1, -0.05) is 12.1 Å². The highest BCUT2D eigenvalue weighted by Crippen LogP contribution is 2.28. The number of halogens is 2. The molecule has 1 aromatic heterocycles. The Morgan fingerprint density at radius 1 is 1.29 bits per heavy atom. The van der Waals surface area contributed by atoms with E-state index in [-0.39, 0.29) is 6.04 Å². The fraction of sp³-hybridized carbons (Fsp3) is 0.312. The van der Waals surface area contributed by atoms with E-state index in [9.17, 15) is 0 Å². The smallest absolute Gasteiger partial charge is 0.122 e. The number of pyridine rings is 1. The van der Waals surface area contributed by atoms with Gasteiger partial charge in [-0.15, -0.1) is 0 Å². The van der Waals surface area contributed by atoms with Crippen LogP contribution in [0.1, 0.15) is 29.3 Å². The number of ether oxygens (including phenoxy) is 1. The number of hydrogen-bond donors (Lipinski definition) is 1. The molecule has 0 amide bonds. The summed E-state index contributed by atoms with van der Waals surface area (Å²) in [6, 6.07) is 8.34. The Bertz CT molecular complexity index is 661. The standard InChI is InChI=1S/C16H16Br2N2O/c17-12-8-13(18)16(20-9-12)14(19)3-1-10-2-4-15-11(7-10)5-6-21-15/h2,4,7-9,14H,1,3,5-6,19H2. The highest BCUT2D eigenvalue weighted by molar-refractivity contribution is 9.11. The summed E-state index contributed by atoms with van der Waals surface area (Å²) in [6.07, 6.45) is 4.60. The Morgan fingerprint density at radius 2 is 2.14 bits per heavy atom. The van der Waals surface area contributed by atoms with Gasteiger partial charge in [-0.3, -0.25) is 4.98 Å². The SMILES string of the molecule is NC(CCc1ccc2c(c1)CCO2)c1ncc(Br)cc1Br. The molecule has 0 bridgehead atoms. The monoisotopic (exact) mass is 410 g/mol. The zero-order chi connectivity index (χ0) is 14.8. The molecule has 0 saturated heterocycles. The van der Waals surface area contributed by atoms with Crippen LogP contribution in [0.2, 0.25) is 0 Å². The molecule has 2 aromatic rings. The normalized spacial score (nSPS) is 14.6. The maximum absolute atomic E-state index is 6.27. The summed E-state index contributed by atoms with van der Waals surface area (Å²) in [6.45, 7) is 0.800. The van der Waals surface area contributed by atoms with E-state index < -0.39 is 0 Å². The van der Waals surface area contributed by atoms with Crippen molar-refractivity contribution in [2.75, 3.05) is 6.61 Å². The second-order valence-electron chi connectivity index (χ2n) is 5.21. The summed E-state index contributed by atoms with van der Waals surface area (Å²) in [4.78, 5) is 4.41. The van der Waals surface area contributed by atoms with E-state index in [1.54, 1.807) is 6.20 Å². The minimum Gasteiger partial charge on any atom is -0.493 e. The third-order valence-electron chi connectivity index (χ3n) is 3.69. The second-order valence-corrected chi connectivity index (χ2v) is 6.98. The van der Waals surface area contributed by atoms with Crippen LogP contribution in [0.15, 0.2) is 39.4 Å². The number of nitrogens with zero attached hydrogens (tertiary/aromatic N) is 1. The van der Waals surface area contributed by atoms with Crippen molar-refractivity contribution >= 4 is 31.9 Å². The maximum atomic E-state index is 6.27. The zero-order valence-electron chi connectivity index (χ0n) is 11.5. The van der Waals surface area contributed by atoms with Crippen LogP contribution in [-0.4, -0.2) is 11.6 Å². The fourth-order valence-corrected chi connectivity index (χ4v) is 3.83. The minimum atomic E-state index is -0.0722. The molecular formula is C16H16Br2N2O. The first-order valence-corrected chi connectivity index (χ1v) is 8.53. The van der Waals surface area contributed by atoms with Gasteiger partial charge in [0.25, 0.3) is 0 Å². The lowest BCUT2D eigenvalue weighted by Crippen LogP contribution is -2.13. The van der Waals surface area contributed by atoms with Crippen molar-refractivity contribution in [2.45, 2.75) is 25.3 Å². The summed E-state index contributed by atoms with van der Waals surface area (Å²) in [5, 5.41) is 0. The van der Waals surface area contributed by atoms with Gasteiger partial charge >= 0.3 is 0 Å². The number of benzene rings is 1. The van der Waals surface area contributed by atoms with Crippen molar-refractivity contribution in [2.24, 2.45) is 5.73 Å². The van der Waals surface area contributed by atoms with Gasteiger partial charge in [0, 0.05) is 27.6 Å². The van der Waals surface area contributed by atoms with Crippen LogP contribution >= 0.6 is 31.9 Å². The Labute approximate surface area is 141 Å². The Balaban J connectivity index is 1.67. The van der Waals surface area contributed by atoms with Crippen LogP contribution in [0.5, 0.6) is 5.75 Å². The molecule has 1 aliphatic rings. The van der Waals surface area contributed by atoms with E-state index in [0.717, 1.165) is 46.3 Å². The summed E-state index contributed by atoms with van der Waals surface area (Å²) >= 11 is 6.93. The van der Waals surface area contributed by atoms with Gasteiger partial charge in [-0.05, 0) is 68.0 Å². The van der Waals surface area contributed by atoms with Crippen LogP contribution in [0.25, 0.3) is 0 Å². The van der Waals surface area contributed by atoms with E-state index in [0.29, 0.717) is 0 Å². The third kappa shape index (κ3) is 3.47. The van der Waals surface area contributed by atoms with E-state index in [1.165, 1.54) is 11.1 Å². The molecule has 2 heterocycles. The van der Waals surface area contributed by atoms with Crippen LogP contribution in [0.3, 0.4) is 0 Å². The zero-order valence-corrected chi connectivity index (χ0v) is 14.7. The maximum Gasteiger partial charge on any atom is 0.122 e. The summed E-state index contributed by atoms with van der Waals surface area (Å²) < 4.78 is 7.43. The average molecular weight is 412 g/mol. The highest BCUT2D eigenvalue weighted by Gasteiger charge is 2.14. The van der Waals surface area contributed by atoms with Crippen molar-refractivity contribution in [3.63, 3.8) is 0 Å². The average Bonchev–Trinajstić information content (AvgIpc) is 2.92. The largest absolute Gasteiger partial charge is 0.493 e. The fourth-order valence-electron chi connectivity index (χ4n) is 2.55. The lowest BCUT2D eigenvalue weighted by molar-refractivity contribution is 0.357. The lowest BCUT2D eigenvalue weighted by Gasteiger charge is -2.13. The molecule has 3 rings (SSSR count). The predicted octanol–water partition coefficient (Wildman–Crippen LogP) is 4.17. The van der Waals surface area contributed by atoms with Crippen LogP contribution < -0.4 is 10.5 Å². The molecule has 1 aromatic carbocycles. The molecule has 0 radical (unpaired) electrons. The summed E-state index contributed by atoms with van der Waals surface area (Å²) in [5.74, 6) is 1.03. The van der Waals surface area contributed by atoms with Gasteiger partial charge in [-0.2, -0.15) is 0 Å². The number of rotatable bonds is 4. The number of hydrogen-bond acceptors (Lipinski definition) is 3. The molecule has 1 aliphatic heterocycles. The van der Waals surface area contributed by atoms with Crippen molar-refractivity contribution < 1.29 is 4.74 Å². The summed E-state index contributed by atoms with van der Waals surface area (Å²) in [7, 11) is 0. The Kier molecular flexibility index (Phi) is 4.62. The minimum absolute atomic E-state index is 0.0722. The number of nitrogens with two attached hydrogens (primary N) is 1. The molecule has 0 aliphatic carbocycles. The van der Waals surface area contributed by atoms with Crippen LogP contribution in [0, 0.1) is 0 Å². The Hall–Kier alpha value is -0.910. The molecule has 0 spiro atoms. The highest BCUT2D eigenvalue weighted by atomic mass is 79.9. The van der Waals surface area contributed by atoms with E-state index in [1.807, 2.05) is 6.07 Å². The van der Waals surface area contributed by atoms with Crippen molar-refractivity contribution in [3.05, 3.63) is 56.2 Å². The van der Waals surface area contributed by atoms with Gasteiger partial charge in [0.1, 0.15) is 5.75 Å². The first kappa shape index (κ1) is 15.0. The third-order valence-corrected chi connectivity index (χ3v) is 4.75. The van der Waals surface area contributed by atoms with Gasteiger partial charge in [0.2, 0.25) is 0 Å². The van der Waals surface area contributed by atoms with E-state index >= 15 is 0 Å². The van der Waals surface area contributed by atoms with Crippen LogP contribution in [-0.2, 0) is 12.8 Å². The number of aromatic nitrogens is 1. The molecule has 0 fully saturated rings. The van der Waals surface area contributed by atoms with E-state index in [2.05, 4.69) is 55.0 Å². The van der Waals surface area contributed by atoms with Gasteiger partial charge < -0.3 is 10.5 Å². The predicted molar refractivity (Wildman–Crippen MR) is 90.5 cm³/mol. The summed E-state index contributed by atoms with van der Waals surface area (Å²) in [5.41, 5.74) is 9.80.